The van der Waals surface area contributed by atoms with Crippen molar-refractivity contribution in [3.63, 3.8) is 0 Å². The van der Waals surface area contributed by atoms with Crippen molar-refractivity contribution in [1.29, 1.82) is 0 Å². The van der Waals surface area contributed by atoms with Crippen LogP contribution in [0.25, 0.3) is 0 Å². The van der Waals surface area contributed by atoms with Crippen molar-refractivity contribution in [3.8, 4) is 0 Å². The average molecular weight is 212 g/mol. The molecule has 2 heteroatoms. The summed E-state index contributed by atoms with van der Waals surface area (Å²) in [6.07, 6.45) is 17.4. The lowest BCUT2D eigenvalue weighted by Gasteiger charge is -2.09. The van der Waals surface area contributed by atoms with Crippen LogP contribution in [0, 0.1) is 0 Å². The summed E-state index contributed by atoms with van der Waals surface area (Å²) >= 11 is 0. The van der Waals surface area contributed by atoms with E-state index in [0.717, 1.165) is 16.7 Å². The predicted molar refractivity (Wildman–Crippen MR) is 63.9 cm³/mol. The molecule has 16 heavy (non-hydrogen) atoms. The Kier molecular flexibility index (Phi) is 3.01. The summed E-state index contributed by atoms with van der Waals surface area (Å²) in [4.78, 5) is 10.8. The Balaban J connectivity index is 2.42. The molecule has 0 atom stereocenters. The van der Waals surface area contributed by atoms with Crippen molar-refractivity contribution in [2.24, 2.45) is 0 Å². The Bertz CT molecular complexity index is 483. The van der Waals surface area contributed by atoms with Gasteiger partial charge >= 0.3 is 5.97 Å². The van der Waals surface area contributed by atoms with Gasteiger partial charge in [-0.2, -0.15) is 0 Å². The second-order valence-corrected chi connectivity index (χ2v) is 3.59. The Labute approximate surface area is 94.3 Å². The molecule has 80 valence electrons. The Morgan fingerprint density at radius 2 is 1.75 bits per heavy atom. The molecule has 0 aromatic carbocycles. The quantitative estimate of drug-likeness (QED) is 0.764. The normalized spacial score (nSPS) is 17.9. The zero-order chi connectivity index (χ0) is 11.4. The molecule has 0 heterocycles. The van der Waals surface area contributed by atoms with E-state index in [-0.39, 0.29) is 6.42 Å². The minimum Gasteiger partial charge on any atom is -0.481 e. The summed E-state index contributed by atoms with van der Waals surface area (Å²) in [6.45, 7) is 0. The molecule has 0 aromatic heterocycles. The van der Waals surface area contributed by atoms with Gasteiger partial charge in [-0.05, 0) is 16.7 Å². The van der Waals surface area contributed by atoms with Crippen LogP contribution in [0.1, 0.15) is 6.42 Å². The molecular formula is C14H12O2. The van der Waals surface area contributed by atoms with Gasteiger partial charge < -0.3 is 5.11 Å². The van der Waals surface area contributed by atoms with Crippen molar-refractivity contribution in [3.05, 3.63) is 71.4 Å². The van der Waals surface area contributed by atoms with Gasteiger partial charge in [0, 0.05) is 0 Å². The predicted octanol–water partition coefficient (Wildman–Crippen LogP) is 2.94. The summed E-state index contributed by atoms with van der Waals surface area (Å²) in [7, 11) is 0. The maximum Gasteiger partial charge on any atom is 0.307 e. The van der Waals surface area contributed by atoms with Gasteiger partial charge in [0.05, 0.1) is 6.42 Å². The first-order chi connectivity index (χ1) is 7.77. The maximum absolute atomic E-state index is 10.8. The third kappa shape index (κ3) is 2.28. The first kappa shape index (κ1) is 10.4. The van der Waals surface area contributed by atoms with Gasteiger partial charge in [-0.3, -0.25) is 4.79 Å². The smallest absolute Gasteiger partial charge is 0.307 e. The zero-order valence-electron chi connectivity index (χ0n) is 8.76. The van der Waals surface area contributed by atoms with Gasteiger partial charge in [-0.1, -0.05) is 54.7 Å². The van der Waals surface area contributed by atoms with E-state index in [1.165, 1.54) is 0 Å². The number of hydrogen-bond acceptors (Lipinski definition) is 1. The lowest BCUT2D eigenvalue weighted by atomic mass is 9.96. The van der Waals surface area contributed by atoms with Gasteiger partial charge in [0.15, 0.2) is 0 Å². The minimum absolute atomic E-state index is 0.0508. The van der Waals surface area contributed by atoms with E-state index in [0.29, 0.717) is 0 Å². The SMILES string of the molecule is O=C(O)CC1=CC=CC=C2C=CC=CC=C21. The highest BCUT2D eigenvalue weighted by molar-refractivity contribution is 5.74. The summed E-state index contributed by atoms with van der Waals surface area (Å²) in [6, 6.07) is 0. The second kappa shape index (κ2) is 4.62. The van der Waals surface area contributed by atoms with Gasteiger partial charge in [-0.25, -0.2) is 0 Å². The number of rotatable bonds is 2. The number of carboxylic acid groups (broad SMARTS) is 1. The molecule has 0 amide bonds. The molecular weight excluding hydrogens is 200 g/mol. The van der Waals surface area contributed by atoms with E-state index in [9.17, 15) is 4.79 Å². The van der Waals surface area contributed by atoms with E-state index in [2.05, 4.69) is 0 Å². The van der Waals surface area contributed by atoms with Crippen molar-refractivity contribution in [2.75, 3.05) is 0 Å². The Morgan fingerprint density at radius 3 is 2.56 bits per heavy atom. The largest absolute Gasteiger partial charge is 0.481 e. The molecule has 2 aliphatic rings. The zero-order valence-corrected chi connectivity index (χ0v) is 8.76. The van der Waals surface area contributed by atoms with Crippen molar-refractivity contribution in [2.45, 2.75) is 6.42 Å². The molecule has 0 radical (unpaired) electrons. The number of aliphatic carboxylic acids is 1. The van der Waals surface area contributed by atoms with Gasteiger partial charge in [-0.15, -0.1) is 0 Å². The molecule has 0 aliphatic heterocycles. The van der Waals surface area contributed by atoms with Crippen LogP contribution in [0.15, 0.2) is 71.4 Å². The van der Waals surface area contributed by atoms with Crippen molar-refractivity contribution in [1.82, 2.24) is 0 Å². The molecule has 0 bridgehead atoms. The second-order valence-electron chi connectivity index (χ2n) is 3.59. The molecule has 0 unspecified atom stereocenters. The van der Waals surface area contributed by atoms with Gasteiger partial charge in [0.2, 0.25) is 0 Å². The average Bonchev–Trinajstić information content (AvgIpc) is 2.54. The maximum atomic E-state index is 10.8. The first-order valence-corrected chi connectivity index (χ1v) is 5.12. The Hall–Kier alpha value is -2.09. The third-order valence-electron chi connectivity index (χ3n) is 2.44. The molecule has 0 saturated heterocycles. The van der Waals surface area contributed by atoms with Crippen LogP contribution in [0.5, 0.6) is 0 Å². The van der Waals surface area contributed by atoms with Crippen LogP contribution in [0.2, 0.25) is 0 Å². The molecule has 0 spiro atoms. The van der Waals surface area contributed by atoms with Gasteiger partial charge in [0.25, 0.3) is 0 Å². The Morgan fingerprint density at radius 1 is 1.00 bits per heavy atom. The fourth-order valence-electron chi connectivity index (χ4n) is 1.74. The van der Waals surface area contributed by atoms with Crippen molar-refractivity contribution >= 4 is 5.97 Å². The molecule has 1 N–H and O–H groups in total. The van der Waals surface area contributed by atoms with Crippen LogP contribution in [0.3, 0.4) is 0 Å². The number of allylic oxidation sites excluding steroid dienone is 11. The summed E-state index contributed by atoms with van der Waals surface area (Å²) < 4.78 is 0. The third-order valence-corrected chi connectivity index (χ3v) is 2.44. The van der Waals surface area contributed by atoms with E-state index >= 15 is 0 Å². The van der Waals surface area contributed by atoms with E-state index in [1.807, 2.05) is 54.7 Å². The highest BCUT2D eigenvalue weighted by atomic mass is 16.4. The molecule has 2 aliphatic carbocycles. The lowest BCUT2D eigenvalue weighted by molar-refractivity contribution is -0.136. The lowest BCUT2D eigenvalue weighted by Crippen LogP contribution is -2.00. The summed E-state index contributed by atoms with van der Waals surface area (Å²) in [5.74, 6) is -0.806. The van der Waals surface area contributed by atoms with E-state index < -0.39 is 5.97 Å². The van der Waals surface area contributed by atoms with Crippen LogP contribution >= 0.6 is 0 Å². The monoisotopic (exact) mass is 212 g/mol. The topological polar surface area (TPSA) is 37.3 Å². The molecule has 2 rings (SSSR count). The molecule has 0 saturated carbocycles. The summed E-state index contributed by atoms with van der Waals surface area (Å²) in [5, 5.41) is 8.87. The molecule has 0 fully saturated rings. The number of hydrogen-bond donors (Lipinski definition) is 1. The fourth-order valence-corrected chi connectivity index (χ4v) is 1.74. The summed E-state index contributed by atoms with van der Waals surface area (Å²) in [5.41, 5.74) is 2.87. The number of carboxylic acids is 1. The molecule has 0 aromatic rings. The fraction of sp³-hybridized carbons (Fsp3) is 0.0714. The molecule has 2 nitrogen and oxygen atoms in total. The van der Waals surface area contributed by atoms with Gasteiger partial charge in [0.1, 0.15) is 0 Å². The first-order valence-electron chi connectivity index (χ1n) is 5.12. The number of fused-ring (bicyclic) bond motifs is 1. The van der Waals surface area contributed by atoms with Crippen LogP contribution in [0.4, 0.5) is 0 Å². The van der Waals surface area contributed by atoms with Crippen LogP contribution < -0.4 is 0 Å². The van der Waals surface area contributed by atoms with Crippen LogP contribution in [-0.4, -0.2) is 11.1 Å². The van der Waals surface area contributed by atoms with Crippen LogP contribution in [-0.2, 0) is 4.79 Å². The minimum atomic E-state index is -0.806. The highest BCUT2D eigenvalue weighted by Crippen LogP contribution is 2.27. The standard InChI is InChI=1S/C14H12O2/c15-14(16)10-12-8-5-4-7-11-6-2-1-3-9-13(11)12/h1-9H,10H2,(H,15,16). The highest BCUT2D eigenvalue weighted by Gasteiger charge is 2.13. The number of carbonyl (C=O) groups is 1. The van der Waals surface area contributed by atoms with E-state index in [4.69, 9.17) is 5.11 Å². The van der Waals surface area contributed by atoms with E-state index in [1.54, 1.807) is 0 Å². The van der Waals surface area contributed by atoms with Crippen molar-refractivity contribution < 1.29 is 9.90 Å².